The zero-order valence-electron chi connectivity index (χ0n) is 8.70. The minimum Gasteiger partial charge on any atom is -0.478 e. The maximum Gasteiger partial charge on any atom is 0.336 e. The molecule has 5 nitrogen and oxygen atoms in total. The number of benzene rings is 1. The first kappa shape index (κ1) is 13.1. The lowest BCUT2D eigenvalue weighted by atomic mass is 10.2. The summed E-state index contributed by atoms with van der Waals surface area (Å²) in [4.78, 5) is 9.94. The summed E-state index contributed by atoms with van der Waals surface area (Å²) >= 11 is 0. The fourth-order valence-electron chi connectivity index (χ4n) is 1.12. The summed E-state index contributed by atoms with van der Waals surface area (Å²) in [6.07, 6.45) is 1.05. The third kappa shape index (κ3) is 3.54. The van der Waals surface area contributed by atoms with E-state index in [4.69, 9.17) is 9.66 Å². The second kappa shape index (κ2) is 4.94. The lowest BCUT2D eigenvalue weighted by Gasteiger charge is -2.03. The summed E-state index contributed by atoms with van der Waals surface area (Å²) < 4.78 is 31.0. The standard InChI is InChI=1S/C11H10O5S/c1-8(11(12)13)10(17(14,15)16)7-9-5-3-2-4-6-9/h2-7H,1H2,(H,12,13)(H,14,15,16). The van der Waals surface area contributed by atoms with Crippen molar-refractivity contribution in [1.29, 1.82) is 0 Å². The number of rotatable bonds is 4. The molecule has 1 rings (SSSR count). The molecule has 0 aliphatic carbocycles. The van der Waals surface area contributed by atoms with Gasteiger partial charge in [0.2, 0.25) is 0 Å². The molecule has 0 unspecified atom stereocenters. The fraction of sp³-hybridized carbons (Fsp3) is 0. The van der Waals surface area contributed by atoms with Gasteiger partial charge in [-0.25, -0.2) is 4.79 Å². The third-order valence-corrected chi connectivity index (χ3v) is 2.85. The van der Waals surface area contributed by atoms with E-state index in [9.17, 15) is 13.2 Å². The number of carboxylic acids is 1. The van der Waals surface area contributed by atoms with Crippen LogP contribution in [0, 0.1) is 0 Å². The van der Waals surface area contributed by atoms with Crippen LogP contribution in [0.4, 0.5) is 0 Å². The Kier molecular flexibility index (Phi) is 3.82. The van der Waals surface area contributed by atoms with Gasteiger partial charge in [-0.15, -0.1) is 0 Å². The Bertz CT molecular complexity index is 569. The van der Waals surface area contributed by atoms with Gasteiger partial charge in [0.1, 0.15) is 4.91 Å². The smallest absolute Gasteiger partial charge is 0.336 e. The molecule has 2 N–H and O–H groups in total. The summed E-state index contributed by atoms with van der Waals surface area (Å²) in [5, 5.41) is 8.68. The molecule has 1 aromatic carbocycles. The Labute approximate surface area is 98.5 Å². The summed E-state index contributed by atoms with van der Waals surface area (Å²) in [6.45, 7) is 3.11. The van der Waals surface area contributed by atoms with Crippen LogP contribution in [-0.4, -0.2) is 24.0 Å². The molecule has 0 aliphatic rings. The van der Waals surface area contributed by atoms with Gasteiger partial charge in [-0.05, 0) is 11.6 Å². The molecule has 0 heterocycles. The highest BCUT2D eigenvalue weighted by atomic mass is 32.2. The number of carboxylic acid groups (broad SMARTS) is 1. The molecule has 90 valence electrons. The summed E-state index contributed by atoms with van der Waals surface area (Å²) in [6, 6.07) is 8.16. The maximum atomic E-state index is 11.0. The molecule has 1 aromatic rings. The predicted octanol–water partition coefficient (Wildman–Crippen LogP) is 1.56. The largest absolute Gasteiger partial charge is 0.478 e. The van der Waals surface area contributed by atoms with Crippen molar-refractivity contribution in [2.45, 2.75) is 0 Å². The average molecular weight is 254 g/mol. The van der Waals surface area contributed by atoms with E-state index in [2.05, 4.69) is 6.58 Å². The number of aliphatic carboxylic acids is 1. The molecule has 0 bridgehead atoms. The van der Waals surface area contributed by atoms with E-state index >= 15 is 0 Å². The zero-order chi connectivity index (χ0) is 13.1. The fourth-order valence-corrected chi connectivity index (χ4v) is 1.81. The Balaban J connectivity index is 3.32. The first-order valence-corrected chi connectivity index (χ1v) is 5.93. The van der Waals surface area contributed by atoms with Gasteiger partial charge in [0.15, 0.2) is 0 Å². The molecule has 0 saturated carbocycles. The van der Waals surface area contributed by atoms with Gasteiger partial charge in [-0.1, -0.05) is 36.9 Å². The molecule has 0 radical (unpaired) electrons. The quantitative estimate of drug-likeness (QED) is 0.483. The van der Waals surface area contributed by atoms with Gasteiger partial charge in [0.25, 0.3) is 10.1 Å². The highest BCUT2D eigenvalue weighted by molar-refractivity contribution is 7.90. The number of hydrogen-bond acceptors (Lipinski definition) is 3. The zero-order valence-corrected chi connectivity index (χ0v) is 9.52. The van der Waals surface area contributed by atoms with E-state index in [1.807, 2.05) is 0 Å². The molecule has 0 aliphatic heterocycles. The first-order valence-electron chi connectivity index (χ1n) is 4.49. The van der Waals surface area contributed by atoms with Crippen LogP contribution >= 0.6 is 0 Å². The second-order valence-corrected chi connectivity index (χ2v) is 4.57. The lowest BCUT2D eigenvalue weighted by Crippen LogP contribution is -2.10. The number of carbonyl (C=O) groups is 1. The molecular formula is C11H10O5S. The Morgan fingerprint density at radius 3 is 2.18 bits per heavy atom. The molecule has 0 aromatic heterocycles. The van der Waals surface area contributed by atoms with Gasteiger partial charge < -0.3 is 5.11 Å². The van der Waals surface area contributed by atoms with Crippen LogP contribution < -0.4 is 0 Å². The summed E-state index contributed by atoms with van der Waals surface area (Å²) in [5.41, 5.74) is -0.237. The van der Waals surface area contributed by atoms with E-state index in [1.165, 1.54) is 0 Å². The minimum absolute atomic E-state index is 0.447. The molecule has 0 spiro atoms. The molecule has 0 fully saturated rings. The summed E-state index contributed by atoms with van der Waals surface area (Å²) in [5.74, 6) is -1.51. The van der Waals surface area contributed by atoms with Crippen molar-refractivity contribution in [3.05, 3.63) is 53.0 Å². The molecule has 0 amide bonds. The van der Waals surface area contributed by atoms with Gasteiger partial charge >= 0.3 is 5.97 Å². The third-order valence-electron chi connectivity index (χ3n) is 1.93. The topological polar surface area (TPSA) is 91.7 Å². The SMILES string of the molecule is C=C(C(=O)O)C(=Cc1ccccc1)S(=O)(=O)O. The van der Waals surface area contributed by atoms with E-state index < -0.39 is 26.6 Å². The van der Waals surface area contributed by atoms with E-state index in [0.29, 0.717) is 5.56 Å². The number of hydrogen-bond donors (Lipinski definition) is 2. The van der Waals surface area contributed by atoms with Crippen molar-refractivity contribution in [2.24, 2.45) is 0 Å². The van der Waals surface area contributed by atoms with Crippen molar-refractivity contribution < 1.29 is 22.9 Å². The van der Waals surface area contributed by atoms with Crippen LogP contribution in [0.2, 0.25) is 0 Å². The average Bonchev–Trinajstić information content (AvgIpc) is 2.24. The molecule has 0 saturated heterocycles. The van der Waals surface area contributed by atoms with Gasteiger partial charge in [-0.3, -0.25) is 4.55 Å². The Morgan fingerprint density at radius 2 is 1.76 bits per heavy atom. The maximum absolute atomic E-state index is 11.0. The van der Waals surface area contributed by atoms with Crippen LogP contribution in [0.5, 0.6) is 0 Å². The molecule has 17 heavy (non-hydrogen) atoms. The van der Waals surface area contributed by atoms with Crippen LogP contribution in [0.15, 0.2) is 47.4 Å². The van der Waals surface area contributed by atoms with Crippen LogP contribution in [0.25, 0.3) is 6.08 Å². The van der Waals surface area contributed by atoms with Gasteiger partial charge in [0, 0.05) is 0 Å². The van der Waals surface area contributed by atoms with Crippen LogP contribution in [0.1, 0.15) is 5.56 Å². The Morgan fingerprint density at radius 1 is 1.24 bits per heavy atom. The van der Waals surface area contributed by atoms with Gasteiger partial charge in [0.05, 0.1) is 5.57 Å². The van der Waals surface area contributed by atoms with E-state index in [-0.39, 0.29) is 0 Å². The second-order valence-electron chi connectivity index (χ2n) is 3.18. The Hall–Kier alpha value is -1.92. The predicted molar refractivity (Wildman–Crippen MR) is 62.7 cm³/mol. The van der Waals surface area contributed by atoms with Crippen molar-refractivity contribution >= 4 is 22.2 Å². The van der Waals surface area contributed by atoms with Crippen molar-refractivity contribution in [1.82, 2.24) is 0 Å². The first-order chi connectivity index (χ1) is 7.82. The summed E-state index contributed by atoms with van der Waals surface area (Å²) in [7, 11) is -4.63. The van der Waals surface area contributed by atoms with E-state index in [0.717, 1.165) is 6.08 Å². The van der Waals surface area contributed by atoms with Crippen molar-refractivity contribution in [3.63, 3.8) is 0 Å². The highest BCUT2D eigenvalue weighted by Crippen LogP contribution is 2.18. The van der Waals surface area contributed by atoms with Crippen molar-refractivity contribution in [3.8, 4) is 0 Å². The minimum atomic E-state index is -4.63. The normalized spacial score (nSPS) is 12.2. The van der Waals surface area contributed by atoms with E-state index in [1.54, 1.807) is 30.3 Å². The van der Waals surface area contributed by atoms with Crippen LogP contribution in [-0.2, 0) is 14.9 Å². The van der Waals surface area contributed by atoms with Crippen LogP contribution in [0.3, 0.4) is 0 Å². The highest BCUT2D eigenvalue weighted by Gasteiger charge is 2.22. The molecule has 6 heteroatoms. The molecular weight excluding hydrogens is 244 g/mol. The van der Waals surface area contributed by atoms with Gasteiger partial charge in [-0.2, -0.15) is 8.42 Å². The van der Waals surface area contributed by atoms with Crippen molar-refractivity contribution in [2.75, 3.05) is 0 Å². The monoisotopic (exact) mass is 254 g/mol. The lowest BCUT2D eigenvalue weighted by molar-refractivity contribution is -0.132. The molecule has 0 atom stereocenters.